The molecule has 0 fully saturated rings. The van der Waals surface area contributed by atoms with Gasteiger partial charge >= 0.3 is 205 Å². The molecule has 0 saturated carbocycles. The molecule has 3 rings (SSSR count). The van der Waals surface area contributed by atoms with Gasteiger partial charge in [0.1, 0.15) is 0 Å². The summed E-state index contributed by atoms with van der Waals surface area (Å²) in [6, 6.07) is 33.6. The number of benzene rings is 3. The van der Waals surface area contributed by atoms with Crippen LogP contribution in [0.2, 0.25) is 0 Å². The zero-order valence-electron chi connectivity index (χ0n) is 19.9. The minimum atomic E-state index is -2.72. The molecule has 3 aromatic rings. The van der Waals surface area contributed by atoms with Crippen molar-refractivity contribution in [2.24, 2.45) is 5.92 Å². The van der Waals surface area contributed by atoms with Crippen LogP contribution in [0, 0.1) is 5.92 Å². The van der Waals surface area contributed by atoms with Gasteiger partial charge in [0.25, 0.3) is 0 Å². The fraction of sp³-hybridized carbons (Fsp3) is 0.400. The second kappa shape index (κ2) is 12.2. The number of unbranched alkanes of at least 4 members (excludes halogenated alkanes) is 5. The molecular formula is C30H40BrP. The van der Waals surface area contributed by atoms with Crippen molar-refractivity contribution in [2.45, 2.75) is 65.2 Å². The zero-order valence-corrected chi connectivity index (χ0v) is 22.4. The summed E-state index contributed by atoms with van der Waals surface area (Å²) in [5.74, 6) is 0.886. The quantitative estimate of drug-likeness (QED) is 0.159. The van der Waals surface area contributed by atoms with Gasteiger partial charge < -0.3 is 0 Å². The monoisotopic (exact) mass is 510 g/mol. The van der Waals surface area contributed by atoms with Crippen molar-refractivity contribution in [1.82, 2.24) is 0 Å². The molecule has 0 aromatic heterocycles. The third-order valence-corrected chi connectivity index (χ3v) is 17.1. The fourth-order valence-electron chi connectivity index (χ4n) is 4.86. The molecule has 0 N–H and O–H groups in total. The molecule has 32 heavy (non-hydrogen) atoms. The van der Waals surface area contributed by atoms with Crippen molar-refractivity contribution in [3.05, 3.63) is 91.0 Å². The van der Waals surface area contributed by atoms with E-state index in [1.807, 2.05) is 0 Å². The fourth-order valence-corrected chi connectivity index (χ4v) is 12.6. The second-order valence-corrected chi connectivity index (χ2v) is 18.4. The van der Waals surface area contributed by atoms with E-state index in [0.717, 1.165) is 12.1 Å². The van der Waals surface area contributed by atoms with Gasteiger partial charge in [-0.25, -0.2) is 0 Å². The van der Waals surface area contributed by atoms with Crippen LogP contribution in [0.15, 0.2) is 91.0 Å². The molecule has 0 amide bonds. The third kappa shape index (κ3) is 5.73. The molecule has 0 saturated heterocycles. The van der Waals surface area contributed by atoms with E-state index in [4.69, 9.17) is 0 Å². The van der Waals surface area contributed by atoms with E-state index >= 15 is 0 Å². The van der Waals surface area contributed by atoms with Crippen LogP contribution in [0.3, 0.4) is 0 Å². The summed E-state index contributed by atoms with van der Waals surface area (Å²) >= 11 is 4.57. The summed E-state index contributed by atoms with van der Waals surface area (Å²) in [6.07, 6.45) is 11.9. The minimum absolute atomic E-state index is 0.886. The van der Waals surface area contributed by atoms with Gasteiger partial charge in [-0.05, 0) is 0 Å². The number of hydrogen-bond donors (Lipinski definition) is 0. The van der Waals surface area contributed by atoms with Gasteiger partial charge in [-0.15, -0.1) is 0 Å². The van der Waals surface area contributed by atoms with E-state index in [1.165, 1.54) is 67.3 Å². The molecule has 0 radical (unpaired) electrons. The topological polar surface area (TPSA) is 0 Å². The number of halogens is 1. The van der Waals surface area contributed by atoms with E-state index < -0.39 is 5.31 Å². The molecular weight excluding hydrogens is 471 g/mol. The Morgan fingerprint density at radius 3 is 1.38 bits per heavy atom. The van der Waals surface area contributed by atoms with Gasteiger partial charge in [-0.3, -0.25) is 0 Å². The average Bonchev–Trinajstić information content (AvgIpc) is 2.87. The van der Waals surface area contributed by atoms with Crippen LogP contribution in [0.25, 0.3) is 0 Å². The standard InChI is InChI=1S/C30H40BrP/c1-3-27(2)19-11-6-4-5-7-18-26-32(31,28-20-12-8-13-21-28,29-22-14-9-15-23-29)30-24-16-10-17-25-30/h8-10,12-17,20-25,27H,3-7,11,18-19,26H2,1-2H3/t27-/m1/s1. The van der Waals surface area contributed by atoms with Crippen molar-refractivity contribution < 1.29 is 0 Å². The van der Waals surface area contributed by atoms with Crippen LogP contribution in [-0.2, 0) is 0 Å². The molecule has 0 spiro atoms. The van der Waals surface area contributed by atoms with Crippen LogP contribution in [0.5, 0.6) is 0 Å². The molecule has 0 unspecified atom stereocenters. The van der Waals surface area contributed by atoms with Crippen LogP contribution >= 0.6 is 20.8 Å². The predicted octanol–water partition coefficient (Wildman–Crippen LogP) is 8.60. The molecule has 3 aromatic carbocycles. The molecule has 172 valence electrons. The maximum atomic E-state index is 4.57. The molecule has 1 atom stereocenters. The van der Waals surface area contributed by atoms with Gasteiger partial charge in [0.05, 0.1) is 0 Å². The van der Waals surface area contributed by atoms with Gasteiger partial charge in [0.2, 0.25) is 0 Å². The summed E-state index contributed by atoms with van der Waals surface area (Å²) in [5, 5.41) is 1.58. The molecule has 0 aliphatic carbocycles. The third-order valence-electron chi connectivity index (χ3n) is 7.11. The molecule has 0 bridgehead atoms. The van der Waals surface area contributed by atoms with Gasteiger partial charge in [-0.1, -0.05) is 0 Å². The SMILES string of the molecule is CC[C@@H](C)CCCCCCCCP(Br)(c1ccccc1)(c1ccccc1)c1ccccc1. The Labute approximate surface area is 204 Å². The van der Waals surface area contributed by atoms with E-state index in [2.05, 4.69) is 120 Å². The van der Waals surface area contributed by atoms with E-state index in [1.54, 1.807) is 0 Å². The molecule has 2 heteroatoms. The Hall–Kier alpha value is -1.43. The first-order valence-corrected chi connectivity index (χ1v) is 16.9. The Balaban J connectivity index is 1.81. The van der Waals surface area contributed by atoms with E-state index in [0.29, 0.717) is 0 Å². The molecule has 0 nitrogen and oxygen atoms in total. The van der Waals surface area contributed by atoms with Crippen molar-refractivity contribution in [1.29, 1.82) is 0 Å². The molecule has 0 aliphatic heterocycles. The van der Waals surface area contributed by atoms with Crippen molar-refractivity contribution >= 4 is 36.7 Å². The number of hydrogen-bond acceptors (Lipinski definition) is 0. The first-order chi connectivity index (χ1) is 15.6. The summed E-state index contributed by atoms with van der Waals surface area (Å²) in [7, 11) is 0. The summed E-state index contributed by atoms with van der Waals surface area (Å²) in [4.78, 5) is 0. The van der Waals surface area contributed by atoms with Crippen molar-refractivity contribution in [3.8, 4) is 0 Å². The van der Waals surface area contributed by atoms with Crippen LogP contribution in [-0.4, -0.2) is 6.16 Å². The maximum absolute atomic E-state index is 4.57. The first-order valence-electron chi connectivity index (χ1n) is 12.5. The summed E-state index contributed by atoms with van der Waals surface area (Å²) < 4.78 is 0. The predicted molar refractivity (Wildman–Crippen MR) is 151 cm³/mol. The Morgan fingerprint density at radius 1 is 0.594 bits per heavy atom. The van der Waals surface area contributed by atoms with Crippen LogP contribution in [0.4, 0.5) is 0 Å². The summed E-state index contributed by atoms with van der Waals surface area (Å²) in [6.45, 7) is 4.69. The van der Waals surface area contributed by atoms with Crippen molar-refractivity contribution in [3.63, 3.8) is 0 Å². The van der Waals surface area contributed by atoms with Gasteiger partial charge in [-0.2, -0.15) is 0 Å². The van der Waals surface area contributed by atoms with E-state index in [-0.39, 0.29) is 0 Å². The van der Waals surface area contributed by atoms with Crippen LogP contribution < -0.4 is 15.9 Å². The Bertz CT molecular complexity index is 808. The van der Waals surface area contributed by atoms with Gasteiger partial charge in [0, 0.05) is 0 Å². The molecule has 0 aliphatic rings. The zero-order chi connectivity index (χ0) is 22.7. The van der Waals surface area contributed by atoms with Crippen LogP contribution in [0.1, 0.15) is 65.2 Å². The number of rotatable bonds is 13. The molecule has 0 heterocycles. The Kier molecular flexibility index (Phi) is 9.57. The van der Waals surface area contributed by atoms with Gasteiger partial charge in [0.15, 0.2) is 0 Å². The average molecular weight is 512 g/mol. The summed E-state index contributed by atoms with van der Waals surface area (Å²) in [5.41, 5.74) is 0. The second-order valence-electron chi connectivity index (χ2n) is 9.34. The van der Waals surface area contributed by atoms with E-state index in [9.17, 15) is 0 Å². The van der Waals surface area contributed by atoms with Crippen molar-refractivity contribution in [2.75, 3.05) is 6.16 Å². The first kappa shape index (κ1) is 25.2. The Morgan fingerprint density at radius 2 is 0.969 bits per heavy atom. The normalized spacial score (nSPS) is 13.9.